The number of H-pyrrole nitrogens is 1. The Morgan fingerprint density at radius 1 is 1.36 bits per heavy atom. The molecule has 0 bridgehead atoms. The van der Waals surface area contributed by atoms with Crippen molar-refractivity contribution in [3.63, 3.8) is 0 Å². The number of carbonyl (C=O) groups excluding carboxylic acids is 1. The number of carbonyl (C=O) groups is 1. The number of aromatic nitrogens is 2. The summed E-state index contributed by atoms with van der Waals surface area (Å²) in [5.41, 5.74) is 2.98. The van der Waals surface area contributed by atoms with Crippen LogP contribution in [-0.4, -0.2) is 40.4 Å². The van der Waals surface area contributed by atoms with Crippen LogP contribution in [0.5, 0.6) is 0 Å². The van der Waals surface area contributed by atoms with E-state index in [0.717, 1.165) is 49.6 Å². The Bertz CT molecular complexity index is 1010. The zero-order valence-electron chi connectivity index (χ0n) is 15.6. The maximum Gasteiger partial charge on any atom is 0.272 e. The summed E-state index contributed by atoms with van der Waals surface area (Å²) in [7, 11) is 0. The summed E-state index contributed by atoms with van der Waals surface area (Å²) in [6.45, 7) is 7.03. The maximum absolute atomic E-state index is 13.2. The fourth-order valence-electron chi connectivity index (χ4n) is 3.79. The largest absolute Gasteiger partial charge is 0.351 e. The van der Waals surface area contributed by atoms with E-state index >= 15 is 0 Å². The van der Waals surface area contributed by atoms with E-state index in [-0.39, 0.29) is 5.91 Å². The van der Waals surface area contributed by atoms with Gasteiger partial charge < -0.3 is 15.2 Å². The van der Waals surface area contributed by atoms with Gasteiger partial charge in [-0.2, -0.15) is 0 Å². The molecule has 5 nitrogen and oxygen atoms in total. The van der Waals surface area contributed by atoms with Crippen molar-refractivity contribution in [2.75, 3.05) is 25.0 Å². The summed E-state index contributed by atoms with van der Waals surface area (Å²) < 4.78 is 13.2. The highest BCUT2D eigenvalue weighted by atomic mass is 19.1. The van der Waals surface area contributed by atoms with Gasteiger partial charge in [0.1, 0.15) is 11.5 Å². The van der Waals surface area contributed by atoms with Gasteiger partial charge in [-0.25, -0.2) is 4.39 Å². The van der Waals surface area contributed by atoms with E-state index in [2.05, 4.69) is 38.9 Å². The van der Waals surface area contributed by atoms with Crippen molar-refractivity contribution in [2.24, 2.45) is 0 Å². The van der Waals surface area contributed by atoms with Crippen molar-refractivity contribution in [1.29, 1.82) is 0 Å². The van der Waals surface area contributed by atoms with Gasteiger partial charge in [0.2, 0.25) is 0 Å². The number of hydrogen-bond acceptors (Lipinski definition) is 3. The van der Waals surface area contributed by atoms with Gasteiger partial charge >= 0.3 is 0 Å². The molecule has 0 radical (unpaired) electrons. The molecule has 1 aliphatic heterocycles. The van der Waals surface area contributed by atoms with Crippen LogP contribution in [0.15, 0.2) is 55.4 Å². The molecule has 0 saturated carbocycles. The quantitative estimate of drug-likeness (QED) is 0.628. The van der Waals surface area contributed by atoms with Crippen molar-refractivity contribution < 1.29 is 9.18 Å². The second-order valence-corrected chi connectivity index (χ2v) is 7.24. The highest BCUT2D eigenvalue weighted by molar-refractivity contribution is 6.05. The van der Waals surface area contributed by atoms with Gasteiger partial charge in [-0.3, -0.25) is 9.78 Å². The van der Waals surface area contributed by atoms with Crippen LogP contribution < -0.4 is 5.32 Å². The standard InChI is InChI=1S/C22H23FN4O/c1-2-3-7-27-8-6-16(14-27)15-4-5-20-17(9-15)10-21(26-20)22(28)25-19-11-18(23)12-24-13-19/h2,4-5,9-13,16,26H,1,3,6-8,14H2,(H,25,28). The van der Waals surface area contributed by atoms with Crippen LogP contribution >= 0.6 is 0 Å². The predicted molar refractivity (Wildman–Crippen MR) is 109 cm³/mol. The molecule has 1 atom stereocenters. The molecule has 1 aliphatic rings. The Kier molecular flexibility index (Phi) is 5.21. The van der Waals surface area contributed by atoms with Gasteiger partial charge in [-0.05, 0) is 49.1 Å². The number of nitrogens with zero attached hydrogens (tertiary/aromatic N) is 2. The number of pyridine rings is 1. The first kappa shape index (κ1) is 18.4. The van der Waals surface area contributed by atoms with Crippen LogP contribution in [0.3, 0.4) is 0 Å². The number of aromatic amines is 1. The molecule has 0 spiro atoms. The van der Waals surface area contributed by atoms with E-state index in [4.69, 9.17) is 0 Å². The summed E-state index contributed by atoms with van der Waals surface area (Å²) in [6, 6.07) is 9.40. The molecule has 1 fully saturated rings. The Morgan fingerprint density at radius 3 is 3.07 bits per heavy atom. The number of likely N-dealkylation sites (tertiary alicyclic amines) is 1. The zero-order chi connectivity index (χ0) is 19.5. The molecule has 1 saturated heterocycles. The lowest BCUT2D eigenvalue weighted by atomic mass is 9.97. The highest BCUT2D eigenvalue weighted by Crippen LogP contribution is 2.30. The third-order valence-corrected chi connectivity index (χ3v) is 5.25. The number of amides is 1. The molecule has 3 aromatic rings. The van der Waals surface area contributed by atoms with E-state index in [1.165, 1.54) is 17.8 Å². The smallest absolute Gasteiger partial charge is 0.272 e. The first-order valence-corrected chi connectivity index (χ1v) is 9.50. The van der Waals surface area contributed by atoms with Crippen LogP contribution in [0, 0.1) is 5.82 Å². The second-order valence-electron chi connectivity index (χ2n) is 7.24. The van der Waals surface area contributed by atoms with E-state index in [1.807, 2.05) is 18.2 Å². The Labute approximate surface area is 163 Å². The number of anilines is 1. The van der Waals surface area contributed by atoms with Crippen molar-refractivity contribution >= 4 is 22.5 Å². The normalized spacial score (nSPS) is 17.1. The molecule has 2 N–H and O–H groups in total. The van der Waals surface area contributed by atoms with Crippen molar-refractivity contribution in [1.82, 2.24) is 14.9 Å². The third-order valence-electron chi connectivity index (χ3n) is 5.25. The van der Waals surface area contributed by atoms with Gasteiger partial charge in [0.05, 0.1) is 18.1 Å². The van der Waals surface area contributed by atoms with Gasteiger partial charge in [0.25, 0.3) is 5.91 Å². The molecule has 2 aromatic heterocycles. The van der Waals surface area contributed by atoms with E-state index < -0.39 is 5.82 Å². The lowest BCUT2D eigenvalue weighted by Crippen LogP contribution is -2.21. The van der Waals surface area contributed by atoms with E-state index in [9.17, 15) is 9.18 Å². The number of hydrogen-bond donors (Lipinski definition) is 2. The van der Waals surface area contributed by atoms with Crippen LogP contribution in [-0.2, 0) is 0 Å². The fourth-order valence-corrected chi connectivity index (χ4v) is 3.79. The minimum Gasteiger partial charge on any atom is -0.351 e. The Balaban J connectivity index is 1.49. The lowest BCUT2D eigenvalue weighted by molar-refractivity contribution is 0.102. The molecule has 0 aliphatic carbocycles. The van der Waals surface area contributed by atoms with Gasteiger partial charge in [-0.15, -0.1) is 6.58 Å². The van der Waals surface area contributed by atoms with Crippen molar-refractivity contribution in [3.05, 3.63) is 72.5 Å². The molecule has 3 heterocycles. The maximum atomic E-state index is 13.2. The van der Waals surface area contributed by atoms with Gasteiger partial charge in [0, 0.05) is 30.1 Å². The number of benzene rings is 1. The van der Waals surface area contributed by atoms with Crippen molar-refractivity contribution in [3.8, 4) is 0 Å². The summed E-state index contributed by atoms with van der Waals surface area (Å²) in [5, 5.41) is 3.67. The van der Waals surface area contributed by atoms with Crippen LogP contribution in [0.2, 0.25) is 0 Å². The second kappa shape index (κ2) is 7.94. The molecular weight excluding hydrogens is 355 g/mol. The molecule has 28 heavy (non-hydrogen) atoms. The SMILES string of the molecule is C=CCCN1CCC(c2ccc3[nH]c(C(=O)Nc4cncc(F)c4)cc3c2)C1. The van der Waals surface area contributed by atoms with Gasteiger partial charge in [-0.1, -0.05) is 12.1 Å². The Morgan fingerprint density at radius 2 is 2.25 bits per heavy atom. The number of nitrogens with one attached hydrogen (secondary N) is 2. The molecule has 1 unspecified atom stereocenters. The predicted octanol–water partition coefficient (Wildman–Crippen LogP) is 4.32. The molecule has 1 amide bonds. The summed E-state index contributed by atoms with van der Waals surface area (Å²) >= 11 is 0. The van der Waals surface area contributed by atoms with E-state index in [1.54, 1.807) is 0 Å². The first-order valence-electron chi connectivity index (χ1n) is 9.50. The van der Waals surface area contributed by atoms with Crippen LogP contribution in [0.1, 0.15) is 34.8 Å². The molecule has 6 heteroatoms. The van der Waals surface area contributed by atoms with Crippen LogP contribution in [0.25, 0.3) is 10.9 Å². The zero-order valence-corrected chi connectivity index (χ0v) is 15.6. The molecule has 1 aromatic carbocycles. The molecule has 144 valence electrons. The average Bonchev–Trinajstić information content (AvgIpc) is 3.32. The number of fused-ring (bicyclic) bond motifs is 1. The average molecular weight is 378 g/mol. The molecule has 4 rings (SSSR count). The van der Waals surface area contributed by atoms with E-state index in [0.29, 0.717) is 17.3 Å². The lowest BCUT2D eigenvalue weighted by Gasteiger charge is -2.15. The van der Waals surface area contributed by atoms with Crippen molar-refractivity contribution in [2.45, 2.75) is 18.8 Å². The summed E-state index contributed by atoms with van der Waals surface area (Å²) in [5.74, 6) is -0.292. The van der Waals surface area contributed by atoms with Gasteiger partial charge in [0.15, 0.2) is 0 Å². The topological polar surface area (TPSA) is 61.0 Å². The first-order chi connectivity index (χ1) is 13.6. The minimum atomic E-state index is -0.488. The fraction of sp³-hybridized carbons (Fsp3) is 0.273. The van der Waals surface area contributed by atoms with Crippen LogP contribution in [0.4, 0.5) is 10.1 Å². The summed E-state index contributed by atoms with van der Waals surface area (Å²) in [4.78, 5) is 21.8. The number of rotatable bonds is 6. The highest BCUT2D eigenvalue weighted by Gasteiger charge is 2.23. The summed E-state index contributed by atoms with van der Waals surface area (Å²) in [6.07, 6.45) is 6.64. The monoisotopic (exact) mass is 378 g/mol. The molecular formula is C22H23FN4O. The number of halogens is 1. The minimum absolute atomic E-state index is 0.318. The third kappa shape index (κ3) is 3.97. The Hall–Kier alpha value is -2.99.